The number of carboxylic acid groups (broad SMARTS) is 1. The number of ether oxygens (including phenoxy) is 2. The van der Waals surface area contributed by atoms with Crippen LogP contribution in [0.1, 0.15) is 30.5 Å². The zero-order chi connectivity index (χ0) is 15.1. The monoisotopic (exact) mass is 355 g/mol. The summed E-state index contributed by atoms with van der Waals surface area (Å²) in [4.78, 5) is 11.1. The van der Waals surface area contributed by atoms with Crippen molar-refractivity contribution in [3.05, 3.63) is 21.7 Å². The van der Waals surface area contributed by atoms with Crippen molar-refractivity contribution in [2.24, 2.45) is 5.92 Å². The average Bonchev–Trinajstić information content (AvgIpc) is 3.06. The maximum absolute atomic E-state index is 11.1. The summed E-state index contributed by atoms with van der Waals surface area (Å²) in [6.07, 6.45) is 1.55. The molecule has 1 saturated heterocycles. The summed E-state index contributed by atoms with van der Waals surface area (Å²) in [5, 5.41) is 12.4. The van der Waals surface area contributed by atoms with Crippen LogP contribution in [0.25, 0.3) is 0 Å². The molecule has 1 fully saturated rings. The highest BCUT2D eigenvalue weighted by Crippen LogP contribution is 2.46. The van der Waals surface area contributed by atoms with Gasteiger partial charge in [-0.2, -0.15) is 0 Å². The van der Waals surface area contributed by atoms with E-state index in [-0.39, 0.29) is 18.1 Å². The van der Waals surface area contributed by atoms with Crippen LogP contribution in [0.2, 0.25) is 0 Å². The Bertz CT molecular complexity index is 590. The molecule has 114 valence electrons. The number of carbonyl (C=O) groups is 1. The summed E-state index contributed by atoms with van der Waals surface area (Å²) in [7, 11) is 1.63. The lowest BCUT2D eigenvalue weighted by molar-refractivity contribution is -0.141. The van der Waals surface area contributed by atoms with Gasteiger partial charge in [-0.1, -0.05) is 15.9 Å². The third-order valence-electron chi connectivity index (χ3n) is 4.19. The number of hydrogen-bond acceptors (Lipinski definition) is 4. The minimum atomic E-state index is -0.744. The summed E-state index contributed by atoms with van der Waals surface area (Å²) in [6, 6.07) is 1.97. The lowest BCUT2D eigenvalue weighted by atomic mass is 9.97. The van der Waals surface area contributed by atoms with E-state index in [4.69, 9.17) is 14.6 Å². The first-order valence-corrected chi connectivity index (χ1v) is 7.82. The van der Waals surface area contributed by atoms with Gasteiger partial charge in [0, 0.05) is 29.0 Å². The van der Waals surface area contributed by atoms with Gasteiger partial charge < -0.3 is 19.9 Å². The van der Waals surface area contributed by atoms with Crippen molar-refractivity contribution in [1.82, 2.24) is 5.32 Å². The maximum Gasteiger partial charge on any atom is 0.307 e. The molecule has 2 N–H and O–H groups in total. The molecule has 3 rings (SSSR count). The molecule has 6 heteroatoms. The molecule has 0 aliphatic carbocycles. The van der Waals surface area contributed by atoms with Crippen LogP contribution in [-0.2, 0) is 11.2 Å². The first-order valence-electron chi connectivity index (χ1n) is 7.03. The van der Waals surface area contributed by atoms with Gasteiger partial charge in [0.05, 0.1) is 13.0 Å². The minimum Gasteiger partial charge on any atom is -0.493 e. The van der Waals surface area contributed by atoms with Gasteiger partial charge in [-0.25, -0.2) is 0 Å². The number of halogens is 1. The Morgan fingerprint density at radius 1 is 1.57 bits per heavy atom. The van der Waals surface area contributed by atoms with Gasteiger partial charge in [-0.05, 0) is 25.0 Å². The molecule has 0 saturated carbocycles. The zero-order valence-electron chi connectivity index (χ0n) is 12.0. The maximum atomic E-state index is 11.1. The van der Waals surface area contributed by atoms with E-state index in [1.807, 2.05) is 13.0 Å². The lowest BCUT2D eigenvalue weighted by Crippen LogP contribution is -2.17. The van der Waals surface area contributed by atoms with Crippen LogP contribution in [0.3, 0.4) is 0 Å². The Balaban J connectivity index is 1.97. The molecule has 1 aromatic carbocycles. The smallest absolute Gasteiger partial charge is 0.307 e. The van der Waals surface area contributed by atoms with Crippen LogP contribution < -0.4 is 14.8 Å². The molecule has 1 aromatic rings. The molecule has 2 heterocycles. The average molecular weight is 356 g/mol. The van der Waals surface area contributed by atoms with Gasteiger partial charge in [0.2, 0.25) is 0 Å². The minimum absolute atomic E-state index is 0.0237. The molecule has 0 aromatic heterocycles. The van der Waals surface area contributed by atoms with Crippen LogP contribution in [0.5, 0.6) is 11.5 Å². The molecular weight excluding hydrogens is 338 g/mol. The van der Waals surface area contributed by atoms with Gasteiger partial charge in [-0.15, -0.1) is 0 Å². The fourth-order valence-corrected chi connectivity index (χ4v) is 3.83. The van der Waals surface area contributed by atoms with Gasteiger partial charge in [0.15, 0.2) is 11.5 Å². The Labute approximate surface area is 131 Å². The number of aliphatic carboxylic acids is 1. The van der Waals surface area contributed by atoms with Crippen LogP contribution in [-0.4, -0.2) is 30.8 Å². The third-order valence-corrected chi connectivity index (χ3v) is 5.13. The van der Waals surface area contributed by atoms with Crippen molar-refractivity contribution in [2.75, 3.05) is 13.7 Å². The fourth-order valence-electron chi connectivity index (χ4n) is 3.10. The zero-order valence-corrected chi connectivity index (χ0v) is 13.6. The van der Waals surface area contributed by atoms with Gasteiger partial charge in [0.1, 0.15) is 6.10 Å². The standard InChI is InChI=1S/C15H18BrNO4/c1-7-3-10-13(16)9(5-12(20-2)14(10)21-7)11-4-8(6-17-11)15(18)19/h5,7-8,11,17H,3-4,6H2,1-2H3,(H,18,19). The molecule has 21 heavy (non-hydrogen) atoms. The van der Waals surface area contributed by atoms with E-state index in [0.29, 0.717) is 18.7 Å². The molecule has 0 radical (unpaired) electrons. The number of fused-ring (bicyclic) bond motifs is 1. The topological polar surface area (TPSA) is 67.8 Å². The van der Waals surface area contributed by atoms with Crippen LogP contribution in [0.4, 0.5) is 0 Å². The molecule has 3 unspecified atom stereocenters. The predicted octanol–water partition coefficient (Wildman–Crippen LogP) is 2.52. The summed E-state index contributed by atoms with van der Waals surface area (Å²) < 4.78 is 12.3. The third kappa shape index (κ3) is 2.51. The van der Waals surface area contributed by atoms with Crippen molar-refractivity contribution < 1.29 is 19.4 Å². The molecule has 0 spiro atoms. The number of benzene rings is 1. The second-order valence-electron chi connectivity index (χ2n) is 5.65. The normalized spacial score (nSPS) is 27.3. The first kappa shape index (κ1) is 14.7. The molecule has 3 atom stereocenters. The highest BCUT2D eigenvalue weighted by atomic mass is 79.9. The van der Waals surface area contributed by atoms with Crippen molar-refractivity contribution in [3.8, 4) is 11.5 Å². The molecule has 5 nitrogen and oxygen atoms in total. The van der Waals surface area contributed by atoms with E-state index in [0.717, 1.165) is 27.8 Å². The van der Waals surface area contributed by atoms with Crippen molar-refractivity contribution in [2.45, 2.75) is 31.9 Å². The van der Waals surface area contributed by atoms with Crippen LogP contribution >= 0.6 is 15.9 Å². The number of hydrogen-bond donors (Lipinski definition) is 2. The molecule has 2 aliphatic rings. The van der Waals surface area contributed by atoms with Crippen molar-refractivity contribution in [3.63, 3.8) is 0 Å². The van der Waals surface area contributed by atoms with E-state index in [2.05, 4.69) is 21.2 Å². The van der Waals surface area contributed by atoms with E-state index in [1.54, 1.807) is 7.11 Å². The fraction of sp³-hybridized carbons (Fsp3) is 0.533. The van der Waals surface area contributed by atoms with E-state index < -0.39 is 5.97 Å². The second kappa shape index (κ2) is 5.50. The van der Waals surface area contributed by atoms with E-state index >= 15 is 0 Å². The summed E-state index contributed by atoms with van der Waals surface area (Å²) in [5.74, 6) is 0.434. The quantitative estimate of drug-likeness (QED) is 0.871. The highest BCUT2D eigenvalue weighted by molar-refractivity contribution is 9.10. The van der Waals surface area contributed by atoms with Crippen LogP contribution in [0.15, 0.2) is 10.5 Å². The Kier molecular flexibility index (Phi) is 3.84. The Hall–Kier alpha value is -1.27. The summed E-state index contributed by atoms with van der Waals surface area (Å²) >= 11 is 3.67. The predicted molar refractivity (Wildman–Crippen MR) is 81.0 cm³/mol. The van der Waals surface area contributed by atoms with Crippen molar-refractivity contribution in [1.29, 1.82) is 0 Å². The Morgan fingerprint density at radius 2 is 2.33 bits per heavy atom. The number of carboxylic acids is 1. The number of nitrogens with one attached hydrogen (secondary N) is 1. The SMILES string of the molecule is COc1cc(C2CC(C(=O)O)CN2)c(Br)c2c1OC(C)C2. The number of rotatable bonds is 3. The lowest BCUT2D eigenvalue weighted by Gasteiger charge is -2.17. The first-order chi connectivity index (χ1) is 10.0. The van der Waals surface area contributed by atoms with Crippen LogP contribution in [0, 0.1) is 5.92 Å². The summed E-state index contributed by atoms with van der Waals surface area (Å²) in [6.45, 7) is 2.53. The van der Waals surface area contributed by atoms with E-state index in [9.17, 15) is 4.79 Å². The second-order valence-corrected chi connectivity index (χ2v) is 6.45. The highest BCUT2D eigenvalue weighted by Gasteiger charge is 2.34. The van der Waals surface area contributed by atoms with Crippen molar-refractivity contribution >= 4 is 21.9 Å². The molecule has 0 amide bonds. The Morgan fingerprint density at radius 3 is 2.95 bits per heavy atom. The molecular formula is C15H18BrNO4. The van der Waals surface area contributed by atoms with Gasteiger partial charge in [0.25, 0.3) is 0 Å². The van der Waals surface area contributed by atoms with Gasteiger partial charge in [-0.3, -0.25) is 4.79 Å². The van der Waals surface area contributed by atoms with E-state index in [1.165, 1.54) is 0 Å². The molecule has 2 aliphatic heterocycles. The number of methoxy groups -OCH3 is 1. The van der Waals surface area contributed by atoms with Gasteiger partial charge >= 0.3 is 5.97 Å². The summed E-state index contributed by atoms with van der Waals surface area (Å²) in [5.41, 5.74) is 2.16. The molecule has 0 bridgehead atoms. The largest absolute Gasteiger partial charge is 0.493 e.